The Kier molecular flexibility index (Phi) is 4.66. The maximum absolute atomic E-state index is 12.1. The number of benzene rings is 2. The van der Waals surface area contributed by atoms with Crippen LogP contribution in [0.4, 0.5) is 0 Å². The number of esters is 2. The van der Waals surface area contributed by atoms with Gasteiger partial charge in [0.15, 0.2) is 0 Å². The Labute approximate surface area is 118 Å². The van der Waals surface area contributed by atoms with Crippen LogP contribution in [0.1, 0.15) is 35.2 Å². The van der Waals surface area contributed by atoms with E-state index in [1.165, 1.54) is 0 Å². The van der Waals surface area contributed by atoms with E-state index in [9.17, 15) is 9.59 Å². The highest BCUT2D eigenvalue weighted by Gasteiger charge is 2.23. The molecule has 0 aliphatic heterocycles. The minimum absolute atomic E-state index is 0.378. The monoisotopic (exact) mass is 268 g/mol. The van der Waals surface area contributed by atoms with E-state index in [0.29, 0.717) is 12.0 Å². The fraction of sp³-hybridized carbons (Fsp3) is 0.176. The summed E-state index contributed by atoms with van der Waals surface area (Å²) in [5.74, 6) is -1.53. The van der Waals surface area contributed by atoms with Gasteiger partial charge in [-0.25, -0.2) is 4.79 Å². The van der Waals surface area contributed by atoms with Gasteiger partial charge < -0.3 is 4.74 Å². The molecule has 0 radical (unpaired) electrons. The zero-order valence-corrected chi connectivity index (χ0v) is 11.3. The van der Waals surface area contributed by atoms with E-state index in [1.54, 1.807) is 30.3 Å². The molecule has 3 nitrogen and oxygen atoms in total. The fourth-order valence-corrected chi connectivity index (χ4v) is 2.02. The molecule has 3 heteroatoms. The first-order chi connectivity index (χ1) is 9.72. The summed E-state index contributed by atoms with van der Waals surface area (Å²) in [6, 6.07) is 17.9. The molecule has 0 aliphatic carbocycles. The zero-order valence-electron chi connectivity index (χ0n) is 11.3. The van der Waals surface area contributed by atoms with Crippen molar-refractivity contribution < 1.29 is 14.3 Å². The summed E-state index contributed by atoms with van der Waals surface area (Å²) in [4.78, 5) is 24.0. The largest absolute Gasteiger partial charge is 0.389 e. The van der Waals surface area contributed by atoms with Gasteiger partial charge in [-0.05, 0) is 24.1 Å². The number of hydrogen-bond acceptors (Lipinski definition) is 3. The third kappa shape index (κ3) is 3.32. The summed E-state index contributed by atoms with van der Waals surface area (Å²) in [7, 11) is 0. The standard InChI is InChI=1S/C17H16O3/c1-2-15(13-9-5-3-6-10-13)17(19)20-16(18)14-11-7-4-8-12-14/h3-12,15H,2H2,1H3. The van der Waals surface area contributed by atoms with Gasteiger partial charge in [0.05, 0.1) is 11.5 Å². The first-order valence-corrected chi connectivity index (χ1v) is 6.58. The average Bonchev–Trinajstić information content (AvgIpc) is 2.50. The van der Waals surface area contributed by atoms with E-state index >= 15 is 0 Å². The van der Waals surface area contributed by atoms with Crippen LogP contribution in [0.2, 0.25) is 0 Å². The van der Waals surface area contributed by atoms with Gasteiger partial charge in [-0.3, -0.25) is 4.79 Å². The third-order valence-electron chi connectivity index (χ3n) is 3.10. The lowest BCUT2D eigenvalue weighted by molar-refractivity contribution is -0.139. The van der Waals surface area contributed by atoms with Crippen molar-refractivity contribution in [2.75, 3.05) is 0 Å². The highest BCUT2D eigenvalue weighted by atomic mass is 16.6. The minimum atomic E-state index is -0.606. The molecule has 0 bridgehead atoms. The topological polar surface area (TPSA) is 43.4 Å². The van der Waals surface area contributed by atoms with Crippen molar-refractivity contribution in [3.05, 3.63) is 71.8 Å². The van der Waals surface area contributed by atoms with Crippen molar-refractivity contribution in [3.63, 3.8) is 0 Å². The molecule has 0 heterocycles. The van der Waals surface area contributed by atoms with Crippen LogP contribution in [0.3, 0.4) is 0 Å². The molecule has 0 spiro atoms. The van der Waals surface area contributed by atoms with Gasteiger partial charge >= 0.3 is 11.9 Å². The lowest BCUT2D eigenvalue weighted by Crippen LogP contribution is -2.19. The zero-order chi connectivity index (χ0) is 14.4. The van der Waals surface area contributed by atoms with Crippen molar-refractivity contribution in [2.24, 2.45) is 0 Å². The van der Waals surface area contributed by atoms with Crippen LogP contribution in [-0.4, -0.2) is 11.9 Å². The molecule has 2 aromatic carbocycles. The van der Waals surface area contributed by atoms with Crippen LogP contribution in [-0.2, 0) is 9.53 Å². The first kappa shape index (κ1) is 14.0. The molecule has 0 aromatic heterocycles. The van der Waals surface area contributed by atoms with Crippen LogP contribution >= 0.6 is 0 Å². The summed E-state index contributed by atoms with van der Waals surface area (Å²) >= 11 is 0. The third-order valence-corrected chi connectivity index (χ3v) is 3.10. The Morgan fingerprint density at radius 1 is 0.950 bits per heavy atom. The highest BCUT2D eigenvalue weighted by Crippen LogP contribution is 2.21. The number of rotatable bonds is 4. The molecule has 2 aromatic rings. The fourth-order valence-electron chi connectivity index (χ4n) is 2.02. The molecule has 2 rings (SSSR count). The van der Waals surface area contributed by atoms with E-state index in [1.807, 2.05) is 37.3 Å². The normalized spacial score (nSPS) is 11.7. The van der Waals surface area contributed by atoms with Gasteiger partial charge in [0, 0.05) is 0 Å². The summed E-state index contributed by atoms with van der Waals surface area (Å²) in [6.45, 7) is 1.89. The SMILES string of the molecule is CCC(C(=O)OC(=O)c1ccccc1)c1ccccc1. The van der Waals surface area contributed by atoms with Crippen LogP contribution in [0.15, 0.2) is 60.7 Å². The van der Waals surface area contributed by atoms with E-state index in [2.05, 4.69) is 0 Å². The number of carbonyl (C=O) groups excluding carboxylic acids is 2. The van der Waals surface area contributed by atoms with Gasteiger partial charge in [0.1, 0.15) is 0 Å². The van der Waals surface area contributed by atoms with Crippen molar-refractivity contribution in [2.45, 2.75) is 19.3 Å². The molecule has 0 fully saturated rings. The lowest BCUT2D eigenvalue weighted by atomic mass is 9.97. The summed E-state index contributed by atoms with van der Waals surface area (Å²) < 4.78 is 4.97. The molecule has 1 unspecified atom stereocenters. The van der Waals surface area contributed by atoms with E-state index in [4.69, 9.17) is 4.74 Å². The molecule has 0 saturated carbocycles. The van der Waals surface area contributed by atoms with Crippen molar-refractivity contribution in [1.82, 2.24) is 0 Å². The maximum Gasteiger partial charge on any atom is 0.345 e. The molecule has 0 N–H and O–H groups in total. The second kappa shape index (κ2) is 6.66. The molecular weight excluding hydrogens is 252 g/mol. The number of carbonyl (C=O) groups is 2. The molecule has 0 aliphatic rings. The van der Waals surface area contributed by atoms with Crippen molar-refractivity contribution in [1.29, 1.82) is 0 Å². The number of hydrogen-bond donors (Lipinski definition) is 0. The second-order valence-electron chi connectivity index (χ2n) is 4.45. The Bertz CT molecular complexity index is 576. The smallest absolute Gasteiger partial charge is 0.345 e. The second-order valence-corrected chi connectivity index (χ2v) is 4.45. The Balaban J connectivity index is 2.09. The van der Waals surface area contributed by atoms with Gasteiger partial charge in [-0.2, -0.15) is 0 Å². The average molecular weight is 268 g/mol. The van der Waals surface area contributed by atoms with Gasteiger partial charge in [0.2, 0.25) is 0 Å². The van der Waals surface area contributed by atoms with E-state index in [-0.39, 0.29) is 0 Å². The quantitative estimate of drug-likeness (QED) is 0.629. The molecule has 102 valence electrons. The Morgan fingerprint density at radius 2 is 1.50 bits per heavy atom. The summed E-state index contributed by atoms with van der Waals surface area (Å²) in [6.07, 6.45) is 0.588. The van der Waals surface area contributed by atoms with Gasteiger partial charge in [-0.1, -0.05) is 55.5 Å². The summed E-state index contributed by atoms with van der Waals surface area (Å²) in [5.41, 5.74) is 1.24. The molecular formula is C17H16O3. The maximum atomic E-state index is 12.1. The highest BCUT2D eigenvalue weighted by molar-refractivity contribution is 5.98. The van der Waals surface area contributed by atoms with Crippen molar-refractivity contribution in [3.8, 4) is 0 Å². The van der Waals surface area contributed by atoms with Crippen LogP contribution < -0.4 is 0 Å². The molecule has 1 atom stereocenters. The Morgan fingerprint density at radius 3 is 2.05 bits per heavy atom. The predicted molar refractivity (Wildman–Crippen MR) is 76.3 cm³/mol. The first-order valence-electron chi connectivity index (χ1n) is 6.58. The molecule has 0 saturated heterocycles. The minimum Gasteiger partial charge on any atom is -0.389 e. The van der Waals surface area contributed by atoms with Gasteiger partial charge in [0.25, 0.3) is 0 Å². The number of ether oxygens (including phenoxy) is 1. The van der Waals surface area contributed by atoms with Crippen LogP contribution in [0.25, 0.3) is 0 Å². The van der Waals surface area contributed by atoms with Crippen LogP contribution in [0, 0.1) is 0 Å². The van der Waals surface area contributed by atoms with E-state index in [0.717, 1.165) is 5.56 Å². The summed E-state index contributed by atoms with van der Waals surface area (Å²) in [5, 5.41) is 0. The van der Waals surface area contributed by atoms with Crippen LogP contribution in [0.5, 0.6) is 0 Å². The molecule has 20 heavy (non-hydrogen) atoms. The predicted octanol–water partition coefficient (Wildman–Crippen LogP) is 3.56. The molecule has 0 amide bonds. The van der Waals surface area contributed by atoms with Crippen molar-refractivity contribution >= 4 is 11.9 Å². The van der Waals surface area contributed by atoms with E-state index < -0.39 is 17.9 Å². The lowest BCUT2D eigenvalue weighted by Gasteiger charge is -2.13. The Hall–Kier alpha value is -2.42. The van der Waals surface area contributed by atoms with Gasteiger partial charge in [-0.15, -0.1) is 0 Å².